The van der Waals surface area contributed by atoms with Gasteiger partial charge in [-0.2, -0.15) is 0 Å². The average molecular weight is 480 g/mol. The maximum Gasteiger partial charge on any atom is 0.245 e. The molecule has 1 unspecified atom stereocenters. The second kappa shape index (κ2) is 26.0. The Balaban J connectivity index is -0.00000212. The number of carbonyl (C=O) groups is 4. The summed E-state index contributed by atoms with van der Waals surface area (Å²) in [6, 6.07) is -0.933. The molecule has 0 aliphatic heterocycles. The van der Waals surface area contributed by atoms with E-state index >= 15 is 0 Å². The van der Waals surface area contributed by atoms with Crippen molar-refractivity contribution >= 4 is 23.6 Å². The van der Waals surface area contributed by atoms with E-state index in [0.29, 0.717) is 13.1 Å². The predicted molar refractivity (Wildman–Crippen MR) is 126 cm³/mol. The van der Waals surface area contributed by atoms with Gasteiger partial charge in [0.2, 0.25) is 23.6 Å². The lowest BCUT2D eigenvalue weighted by atomic mass is 10.2. The summed E-state index contributed by atoms with van der Waals surface area (Å²) in [5.74, 6) is -1.91. The molecular formula is C21H45N5O7. The summed E-state index contributed by atoms with van der Waals surface area (Å²) in [6.45, 7) is 5.90. The van der Waals surface area contributed by atoms with Crippen molar-refractivity contribution in [1.29, 1.82) is 0 Å². The highest BCUT2D eigenvalue weighted by molar-refractivity contribution is 5.92. The van der Waals surface area contributed by atoms with Crippen molar-refractivity contribution in [2.75, 3.05) is 47.0 Å². The van der Waals surface area contributed by atoms with E-state index < -0.39 is 24.5 Å². The highest BCUT2D eigenvalue weighted by Crippen LogP contribution is 1.96. The molecule has 12 heteroatoms. The molecular weight excluding hydrogens is 434 g/mol. The quantitative estimate of drug-likeness (QED) is 0.117. The van der Waals surface area contributed by atoms with Gasteiger partial charge in [-0.05, 0) is 6.42 Å². The van der Waals surface area contributed by atoms with Gasteiger partial charge in [0, 0.05) is 39.8 Å². The van der Waals surface area contributed by atoms with Crippen molar-refractivity contribution in [2.45, 2.75) is 65.0 Å². The van der Waals surface area contributed by atoms with Crippen molar-refractivity contribution in [3.05, 3.63) is 0 Å². The SMILES string of the molecule is CCCCCCNC(=O)CNC(=O)C(CO)NC(=O)CNC(=O)CCNC(C)C.CO.CO. The van der Waals surface area contributed by atoms with Gasteiger partial charge < -0.3 is 41.9 Å². The fraction of sp³-hybridized carbons (Fsp3) is 0.810. The molecule has 0 aromatic carbocycles. The zero-order chi connectivity index (χ0) is 26.1. The number of hydrogen-bond donors (Lipinski definition) is 8. The Morgan fingerprint density at radius 2 is 1.36 bits per heavy atom. The van der Waals surface area contributed by atoms with Crippen LogP contribution >= 0.6 is 0 Å². The fourth-order valence-electron chi connectivity index (χ4n) is 2.31. The van der Waals surface area contributed by atoms with Crippen LogP contribution in [0.1, 0.15) is 52.9 Å². The number of nitrogens with one attached hydrogen (secondary N) is 5. The van der Waals surface area contributed by atoms with Crippen LogP contribution in [-0.4, -0.2) is 98.0 Å². The molecule has 0 fully saturated rings. The lowest BCUT2D eigenvalue weighted by Gasteiger charge is -2.16. The lowest BCUT2D eigenvalue weighted by molar-refractivity contribution is -0.131. The van der Waals surface area contributed by atoms with Gasteiger partial charge in [0.25, 0.3) is 0 Å². The number of aliphatic hydroxyl groups excluding tert-OH is 3. The van der Waals surface area contributed by atoms with Crippen LogP contribution < -0.4 is 26.6 Å². The van der Waals surface area contributed by atoms with Gasteiger partial charge in [-0.1, -0.05) is 40.0 Å². The predicted octanol–water partition coefficient (Wildman–Crippen LogP) is -2.00. The molecule has 0 saturated carbocycles. The summed E-state index contributed by atoms with van der Waals surface area (Å²) in [4.78, 5) is 47.2. The third kappa shape index (κ3) is 24.2. The van der Waals surface area contributed by atoms with Gasteiger partial charge in [0.05, 0.1) is 19.7 Å². The molecule has 0 radical (unpaired) electrons. The Morgan fingerprint density at radius 3 is 1.91 bits per heavy atom. The van der Waals surface area contributed by atoms with Gasteiger partial charge >= 0.3 is 0 Å². The van der Waals surface area contributed by atoms with Crippen molar-refractivity contribution in [3.8, 4) is 0 Å². The minimum atomic E-state index is -1.20. The van der Waals surface area contributed by atoms with Crippen molar-refractivity contribution in [1.82, 2.24) is 26.6 Å². The summed E-state index contributed by atoms with van der Waals surface area (Å²) in [7, 11) is 2.00. The topological polar surface area (TPSA) is 189 Å². The largest absolute Gasteiger partial charge is 0.400 e. The first-order valence-corrected chi connectivity index (χ1v) is 11.1. The molecule has 0 heterocycles. The van der Waals surface area contributed by atoms with Crippen LogP contribution in [0.15, 0.2) is 0 Å². The van der Waals surface area contributed by atoms with E-state index in [9.17, 15) is 24.3 Å². The first-order chi connectivity index (χ1) is 15.8. The van der Waals surface area contributed by atoms with Crippen LogP contribution in [0.4, 0.5) is 0 Å². The van der Waals surface area contributed by atoms with Crippen LogP contribution in [-0.2, 0) is 19.2 Å². The van der Waals surface area contributed by atoms with E-state index in [2.05, 4.69) is 33.5 Å². The number of aliphatic hydroxyl groups is 3. The maximum absolute atomic E-state index is 12.0. The van der Waals surface area contributed by atoms with Gasteiger partial charge in [0.15, 0.2) is 0 Å². The number of amides is 4. The molecule has 0 aliphatic carbocycles. The van der Waals surface area contributed by atoms with E-state index in [4.69, 9.17) is 10.2 Å². The van der Waals surface area contributed by atoms with E-state index in [1.807, 2.05) is 13.8 Å². The molecule has 0 bridgehead atoms. The Bertz CT molecular complexity index is 519. The van der Waals surface area contributed by atoms with Crippen LogP contribution in [0, 0.1) is 0 Å². The Hall–Kier alpha value is -2.28. The Labute approximate surface area is 197 Å². The lowest BCUT2D eigenvalue weighted by Crippen LogP contribution is -2.52. The van der Waals surface area contributed by atoms with Gasteiger partial charge in [-0.3, -0.25) is 19.2 Å². The van der Waals surface area contributed by atoms with Gasteiger partial charge in [-0.15, -0.1) is 0 Å². The molecule has 0 saturated heterocycles. The smallest absolute Gasteiger partial charge is 0.245 e. The summed E-state index contributed by atoms with van der Waals surface area (Å²) >= 11 is 0. The van der Waals surface area contributed by atoms with Crippen LogP contribution in [0.5, 0.6) is 0 Å². The molecule has 0 spiro atoms. The summed E-state index contributed by atoms with van der Waals surface area (Å²) in [5, 5.41) is 36.2. The summed E-state index contributed by atoms with van der Waals surface area (Å²) < 4.78 is 0. The highest BCUT2D eigenvalue weighted by Gasteiger charge is 2.20. The van der Waals surface area contributed by atoms with E-state index in [-0.39, 0.29) is 37.4 Å². The summed E-state index contributed by atoms with van der Waals surface area (Å²) in [6.07, 6.45) is 4.36. The standard InChI is InChI=1S/C19H37N5O5.2CH4O/c1-4-5-6-7-9-21-17(27)11-23-19(29)15(13-25)24-18(28)12-22-16(26)8-10-20-14(2)3;2*1-2/h14-15,20,25H,4-13H2,1-3H3,(H,21,27)(H,22,26)(H,23,29)(H,24,28);2*2H,1H3. The Kier molecular flexibility index (Phi) is 27.8. The Morgan fingerprint density at radius 1 is 0.758 bits per heavy atom. The van der Waals surface area contributed by atoms with Gasteiger partial charge in [-0.25, -0.2) is 0 Å². The minimum absolute atomic E-state index is 0.225. The number of hydrogen-bond acceptors (Lipinski definition) is 8. The molecule has 0 aromatic heterocycles. The third-order valence-corrected chi connectivity index (χ3v) is 3.96. The number of rotatable bonds is 16. The second-order valence-electron chi connectivity index (χ2n) is 7.07. The monoisotopic (exact) mass is 479 g/mol. The van der Waals surface area contributed by atoms with E-state index in [1.165, 1.54) is 0 Å². The molecule has 33 heavy (non-hydrogen) atoms. The van der Waals surface area contributed by atoms with Crippen LogP contribution in [0.2, 0.25) is 0 Å². The normalized spacial score (nSPS) is 10.6. The van der Waals surface area contributed by atoms with E-state index in [0.717, 1.165) is 39.9 Å². The van der Waals surface area contributed by atoms with Gasteiger partial charge in [0.1, 0.15) is 6.04 Å². The highest BCUT2D eigenvalue weighted by atomic mass is 16.3. The average Bonchev–Trinajstić information content (AvgIpc) is 2.81. The van der Waals surface area contributed by atoms with Crippen LogP contribution in [0.25, 0.3) is 0 Å². The molecule has 8 N–H and O–H groups in total. The maximum atomic E-state index is 12.0. The molecule has 0 aromatic rings. The number of carbonyl (C=O) groups excluding carboxylic acids is 4. The van der Waals surface area contributed by atoms with Crippen molar-refractivity contribution in [3.63, 3.8) is 0 Å². The zero-order valence-corrected chi connectivity index (χ0v) is 20.7. The van der Waals surface area contributed by atoms with Crippen molar-refractivity contribution in [2.24, 2.45) is 0 Å². The molecule has 4 amide bonds. The second-order valence-corrected chi connectivity index (χ2v) is 7.07. The molecule has 0 rings (SSSR count). The van der Waals surface area contributed by atoms with Crippen LogP contribution in [0.3, 0.4) is 0 Å². The van der Waals surface area contributed by atoms with E-state index in [1.54, 1.807) is 0 Å². The zero-order valence-electron chi connectivity index (χ0n) is 20.7. The third-order valence-electron chi connectivity index (χ3n) is 3.96. The van der Waals surface area contributed by atoms with Crippen molar-refractivity contribution < 1.29 is 34.5 Å². The molecule has 0 aliphatic rings. The minimum Gasteiger partial charge on any atom is -0.400 e. The summed E-state index contributed by atoms with van der Waals surface area (Å²) in [5.41, 5.74) is 0. The molecule has 1 atom stereocenters. The molecule has 196 valence electrons. The number of unbranched alkanes of at least 4 members (excludes halogenated alkanes) is 3. The first-order valence-electron chi connectivity index (χ1n) is 11.1. The first kappa shape index (κ1) is 35.3. The fourth-order valence-corrected chi connectivity index (χ4v) is 2.31. The molecule has 12 nitrogen and oxygen atoms in total.